The summed E-state index contributed by atoms with van der Waals surface area (Å²) in [6, 6.07) is 9.11. The van der Waals surface area contributed by atoms with E-state index in [4.69, 9.17) is 0 Å². The maximum atomic E-state index is 3.60. The number of hydrogen-bond donors (Lipinski definition) is 1. The molecule has 0 radical (unpaired) electrons. The Hall–Kier alpha value is -0.860. The molecule has 0 aromatic heterocycles. The predicted octanol–water partition coefficient (Wildman–Crippen LogP) is 6.30. The number of benzene rings is 1. The van der Waals surface area contributed by atoms with Crippen LogP contribution in [-0.4, -0.2) is 12.6 Å². The van der Waals surface area contributed by atoms with Crippen LogP contribution in [0, 0.1) is 0 Å². The molecule has 0 aliphatic rings. The van der Waals surface area contributed by atoms with Gasteiger partial charge in [0.15, 0.2) is 0 Å². The van der Waals surface area contributed by atoms with Gasteiger partial charge in [0.05, 0.1) is 0 Å². The molecule has 2 heteroatoms. The second kappa shape index (κ2) is 13.8. The zero-order valence-electron chi connectivity index (χ0n) is 14.8. The minimum Gasteiger partial charge on any atom is -0.314 e. The third kappa shape index (κ3) is 9.97. The molecule has 0 saturated carbocycles. The normalized spacial score (nSPS) is 12.9. The maximum Gasteiger partial charge on any atom is 0.0175 e. The molecule has 1 nitrogen and oxygen atoms in total. The fourth-order valence-electron chi connectivity index (χ4n) is 2.23. The van der Waals surface area contributed by atoms with Crippen molar-refractivity contribution >= 4 is 15.9 Å². The second-order valence-corrected chi connectivity index (χ2v) is 6.07. The molecule has 0 aliphatic heterocycles. The van der Waals surface area contributed by atoms with E-state index in [0.29, 0.717) is 6.04 Å². The molecule has 0 saturated heterocycles. The molecular formula is C20H32BrN. The molecule has 124 valence electrons. The number of allylic oxidation sites excluding steroid dienone is 4. The Morgan fingerprint density at radius 2 is 1.82 bits per heavy atom. The van der Waals surface area contributed by atoms with Gasteiger partial charge in [-0.3, -0.25) is 0 Å². The van der Waals surface area contributed by atoms with E-state index in [2.05, 4.69) is 84.5 Å². The Bertz CT molecular complexity index is 432. The average molecular weight is 366 g/mol. The largest absolute Gasteiger partial charge is 0.314 e. The van der Waals surface area contributed by atoms with Gasteiger partial charge < -0.3 is 5.32 Å². The topological polar surface area (TPSA) is 12.0 Å². The minimum atomic E-state index is 0.520. The summed E-state index contributed by atoms with van der Waals surface area (Å²) >= 11 is 3.47. The molecule has 1 aromatic rings. The lowest BCUT2D eigenvalue weighted by molar-refractivity contribution is 0.534. The van der Waals surface area contributed by atoms with Crippen molar-refractivity contribution in [3.8, 4) is 0 Å². The van der Waals surface area contributed by atoms with Crippen molar-refractivity contribution in [3.63, 3.8) is 0 Å². The highest BCUT2D eigenvalue weighted by atomic mass is 79.9. The SMILES string of the molecule is C/C=C\C(=C/C)CCCNC(C)Cc1ccc(Br)cc1.CC. The van der Waals surface area contributed by atoms with Crippen LogP contribution in [0.4, 0.5) is 0 Å². The highest BCUT2D eigenvalue weighted by Crippen LogP contribution is 2.12. The van der Waals surface area contributed by atoms with Crippen molar-refractivity contribution in [1.29, 1.82) is 0 Å². The van der Waals surface area contributed by atoms with E-state index < -0.39 is 0 Å². The molecule has 0 aliphatic carbocycles. The van der Waals surface area contributed by atoms with Gasteiger partial charge in [0, 0.05) is 10.5 Å². The third-order valence-electron chi connectivity index (χ3n) is 3.34. The Morgan fingerprint density at radius 3 is 2.36 bits per heavy atom. The van der Waals surface area contributed by atoms with Gasteiger partial charge in [-0.15, -0.1) is 0 Å². The maximum absolute atomic E-state index is 3.60. The van der Waals surface area contributed by atoms with E-state index >= 15 is 0 Å². The molecule has 1 atom stereocenters. The average Bonchev–Trinajstić information content (AvgIpc) is 2.54. The summed E-state index contributed by atoms with van der Waals surface area (Å²) in [4.78, 5) is 0. The molecule has 0 bridgehead atoms. The lowest BCUT2D eigenvalue weighted by atomic mass is 10.1. The van der Waals surface area contributed by atoms with Crippen molar-refractivity contribution in [2.45, 2.75) is 59.9 Å². The molecule has 0 spiro atoms. The van der Waals surface area contributed by atoms with Crippen LogP contribution in [0.5, 0.6) is 0 Å². The summed E-state index contributed by atoms with van der Waals surface area (Å²) in [6.45, 7) is 11.5. The predicted molar refractivity (Wildman–Crippen MR) is 104 cm³/mol. The van der Waals surface area contributed by atoms with Crippen LogP contribution >= 0.6 is 15.9 Å². The molecule has 22 heavy (non-hydrogen) atoms. The summed E-state index contributed by atoms with van der Waals surface area (Å²) in [5.41, 5.74) is 2.81. The van der Waals surface area contributed by atoms with Gasteiger partial charge >= 0.3 is 0 Å². The number of halogens is 1. The highest BCUT2D eigenvalue weighted by molar-refractivity contribution is 9.10. The molecule has 0 amide bonds. The van der Waals surface area contributed by atoms with Crippen molar-refractivity contribution in [1.82, 2.24) is 5.32 Å². The summed E-state index contributed by atoms with van der Waals surface area (Å²) in [5, 5.41) is 3.60. The summed E-state index contributed by atoms with van der Waals surface area (Å²) in [5.74, 6) is 0. The van der Waals surface area contributed by atoms with E-state index in [1.165, 1.54) is 17.6 Å². The van der Waals surface area contributed by atoms with Gasteiger partial charge in [-0.2, -0.15) is 0 Å². The summed E-state index contributed by atoms with van der Waals surface area (Å²) in [6.07, 6.45) is 9.93. The Balaban J connectivity index is 0.00000211. The van der Waals surface area contributed by atoms with Gasteiger partial charge in [0.2, 0.25) is 0 Å². The van der Waals surface area contributed by atoms with Crippen LogP contribution in [0.15, 0.2) is 52.5 Å². The minimum absolute atomic E-state index is 0.520. The lowest BCUT2D eigenvalue weighted by Crippen LogP contribution is -2.29. The fourth-order valence-corrected chi connectivity index (χ4v) is 2.49. The quantitative estimate of drug-likeness (QED) is 0.421. The Labute approximate surface area is 146 Å². The summed E-state index contributed by atoms with van der Waals surface area (Å²) in [7, 11) is 0. The van der Waals surface area contributed by atoms with E-state index in [-0.39, 0.29) is 0 Å². The van der Waals surface area contributed by atoms with Gasteiger partial charge in [-0.1, -0.05) is 65.7 Å². The first-order valence-corrected chi connectivity index (χ1v) is 9.20. The molecule has 1 unspecified atom stereocenters. The van der Waals surface area contributed by atoms with E-state index in [0.717, 1.165) is 23.9 Å². The van der Waals surface area contributed by atoms with Crippen LogP contribution in [0.1, 0.15) is 53.0 Å². The molecule has 1 aromatic carbocycles. The van der Waals surface area contributed by atoms with Gasteiger partial charge in [0.1, 0.15) is 0 Å². The first-order valence-electron chi connectivity index (χ1n) is 8.41. The first-order chi connectivity index (χ1) is 10.7. The van der Waals surface area contributed by atoms with Crippen molar-refractivity contribution < 1.29 is 0 Å². The van der Waals surface area contributed by atoms with Crippen LogP contribution in [0.2, 0.25) is 0 Å². The first kappa shape index (κ1) is 21.1. The third-order valence-corrected chi connectivity index (χ3v) is 3.87. The summed E-state index contributed by atoms with van der Waals surface area (Å²) < 4.78 is 1.14. The van der Waals surface area contributed by atoms with Crippen LogP contribution in [-0.2, 0) is 6.42 Å². The van der Waals surface area contributed by atoms with Gasteiger partial charge in [-0.05, 0) is 64.3 Å². The smallest absolute Gasteiger partial charge is 0.0175 e. The fraction of sp³-hybridized carbons (Fsp3) is 0.500. The van der Waals surface area contributed by atoms with Crippen molar-refractivity contribution in [2.24, 2.45) is 0 Å². The van der Waals surface area contributed by atoms with Gasteiger partial charge in [-0.25, -0.2) is 0 Å². The molecule has 0 heterocycles. The molecule has 0 fully saturated rings. The second-order valence-electron chi connectivity index (χ2n) is 5.15. The highest BCUT2D eigenvalue weighted by Gasteiger charge is 2.02. The zero-order valence-corrected chi connectivity index (χ0v) is 16.4. The number of nitrogens with one attached hydrogen (secondary N) is 1. The van der Waals surface area contributed by atoms with E-state index in [9.17, 15) is 0 Å². The van der Waals surface area contributed by atoms with Crippen molar-refractivity contribution in [2.75, 3.05) is 6.54 Å². The van der Waals surface area contributed by atoms with Crippen molar-refractivity contribution in [3.05, 3.63) is 58.1 Å². The number of rotatable bonds is 8. The standard InChI is InChI=1S/C18H26BrN.C2H6/c1-4-7-16(5-2)8-6-13-20-15(3)14-17-9-11-18(19)12-10-17;1-2/h4-5,7,9-12,15,20H,6,8,13-14H2,1-3H3;1-2H3/b7-4-,16-5+;. The van der Waals surface area contributed by atoms with Crippen LogP contribution < -0.4 is 5.32 Å². The van der Waals surface area contributed by atoms with Gasteiger partial charge in [0.25, 0.3) is 0 Å². The molecule has 1 rings (SSSR count). The Kier molecular flexibility index (Phi) is 13.2. The number of hydrogen-bond acceptors (Lipinski definition) is 1. The Morgan fingerprint density at radius 1 is 1.18 bits per heavy atom. The van der Waals surface area contributed by atoms with E-state index in [1.54, 1.807) is 0 Å². The van der Waals surface area contributed by atoms with Crippen LogP contribution in [0.25, 0.3) is 0 Å². The molecular weight excluding hydrogens is 334 g/mol. The van der Waals surface area contributed by atoms with Crippen LogP contribution in [0.3, 0.4) is 0 Å². The monoisotopic (exact) mass is 365 g/mol. The van der Waals surface area contributed by atoms with E-state index in [1.807, 2.05) is 13.8 Å². The zero-order chi connectivity index (χ0) is 16.8. The lowest BCUT2D eigenvalue weighted by Gasteiger charge is -2.14. The molecule has 1 N–H and O–H groups in total.